The van der Waals surface area contributed by atoms with Gasteiger partial charge >= 0.3 is 5.97 Å². The van der Waals surface area contributed by atoms with E-state index in [-0.39, 0.29) is 12.2 Å². The Kier molecular flexibility index (Phi) is 2.27. The number of terminal acetylenes is 1. The number of ketones is 1. The van der Waals surface area contributed by atoms with Crippen molar-refractivity contribution in [2.24, 2.45) is 5.92 Å². The van der Waals surface area contributed by atoms with Gasteiger partial charge in [-0.15, -0.1) is 6.42 Å². The molecule has 3 heteroatoms. The number of rotatable bonds is 2. The highest BCUT2D eigenvalue weighted by Crippen LogP contribution is 2.16. The van der Waals surface area contributed by atoms with Gasteiger partial charge in [-0.05, 0) is 0 Å². The number of carbonyl (C=O) groups is 2. The van der Waals surface area contributed by atoms with Gasteiger partial charge in [-0.2, -0.15) is 0 Å². The van der Waals surface area contributed by atoms with Crippen LogP contribution in [0, 0.1) is 18.3 Å². The minimum Gasteiger partial charge on any atom is -0.465 e. The molecular weight excluding hydrogens is 144 g/mol. The fraction of sp³-hybridized carbons (Fsp3) is 0.500. The van der Waals surface area contributed by atoms with Gasteiger partial charge in [0.15, 0.2) is 5.78 Å². The lowest BCUT2D eigenvalue weighted by Gasteiger charge is -1.98. The molecule has 1 heterocycles. The second kappa shape index (κ2) is 3.20. The predicted octanol–water partition coefficient (Wildman–Crippen LogP) is 0.142. The van der Waals surface area contributed by atoms with Gasteiger partial charge < -0.3 is 4.74 Å². The Hall–Kier alpha value is -1.30. The summed E-state index contributed by atoms with van der Waals surface area (Å²) in [6.45, 7) is 0.347. The summed E-state index contributed by atoms with van der Waals surface area (Å²) in [5, 5.41) is 0. The lowest BCUT2D eigenvalue weighted by atomic mass is 10.0. The van der Waals surface area contributed by atoms with E-state index in [1.54, 1.807) is 0 Å². The summed E-state index contributed by atoms with van der Waals surface area (Å²) in [5.74, 6) is 0.991. The zero-order valence-electron chi connectivity index (χ0n) is 6.00. The van der Waals surface area contributed by atoms with E-state index in [2.05, 4.69) is 10.7 Å². The minimum atomic E-state index is -0.592. The Bertz CT molecular complexity index is 224. The Balaban J connectivity index is 2.54. The highest BCUT2D eigenvalue weighted by molar-refractivity contribution is 6.00. The van der Waals surface area contributed by atoms with Crippen LogP contribution in [0.5, 0.6) is 0 Å². The lowest BCUT2D eigenvalue weighted by molar-refractivity contribution is -0.144. The molecular formula is C8H8O3. The molecule has 1 aliphatic heterocycles. The molecule has 3 nitrogen and oxygen atoms in total. The van der Waals surface area contributed by atoms with Gasteiger partial charge in [0.2, 0.25) is 0 Å². The zero-order chi connectivity index (χ0) is 8.27. The molecule has 0 saturated carbocycles. The molecule has 0 aromatic heterocycles. The van der Waals surface area contributed by atoms with E-state index in [1.807, 2.05) is 0 Å². The summed E-state index contributed by atoms with van der Waals surface area (Å²) in [5.41, 5.74) is 0. The van der Waals surface area contributed by atoms with E-state index in [0.29, 0.717) is 13.0 Å². The fourth-order valence-electron chi connectivity index (χ4n) is 1.01. The highest BCUT2D eigenvalue weighted by Gasteiger charge is 2.31. The van der Waals surface area contributed by atoms with Crippen molar-refractivity contribution in [2.75, 3.05) is 6.61 Å². The van der Waals surface area contributed by atoms with Crippen molar-refractivity contribution in [3.63, 3.8) is 0 Å². The lowest BCUT2D eigenvalue weighted by Crippen LogP contribution is -2.18. The molecule has 58 valence electrons. The average Bonchev–Trinajstić information content (AvgIpc) is 2.36. The number of esters is 1. The van der Waals surface area contributed by atoms with Crippen LogP contribution in [0.4, 0.5) is 0 Å². The van der Waals surface area contributed by atoms with Crippen LogP contribution in [0.15, 0.2) is 0 Å². The number of cyclic esters (lactones) is 1. The standard InChI is InChI=1S/C8H8O3/c1-2-3-7(9)6-4-5-11-8(6)10/h1,6H,3-5H2/t6-/m1/s1. The van der Waals surface area contributed by atoms with E-state index in [1.165, 1.54) is 0 Å². The molecule has 1 rings (SSSR count). The van der Waals surface area contributed by atoms with Gasteiger partial charge in [0.25, 0.3) is 0 Å². The van der Waals surface area contributed by atoms with Crippen molar-refractivity contribution < 1.29 is 14.3 Å². The summed E-state index contributed by atoms with van der Waals surface area (Å²) >= 11 is 0. The second-order valence-electron chi connectivity index (χ2n) is 2.36. The molecule has 0 aromatic carbocycles. The molecule has 0 bridgehead atoms. The third-order valence-electron chi connectivity index (χ3n) is 1.60. The van der Waals surface area contributed by atoms with Crippen molar-refractivity contribution >= 4 is 11.8 Å². The molecule has 11 heavy (non-hydrogen) atoms. The minimum absolute atomic E-state index is 0.0275. The molecule has 1 atom stereocenters. The Morgan fingerprint density at radius 3 is 3.00 bits per heavy atom. The Morgan fingerprint density at radius 2 is 2.55 bits per heavy atom. The van der Waals surface area contributed by atoms with Crippen LogP contribution in [0.1, 0.15) is 12.8 Å². The van der Waals surface area contributed by atoms with Gasteiger partial charge in [-0.25, -0.2) is 0 Å². The van der Waals surface area contributed by atoms with Gasteiger partial charge in [-0.3, -0.25) is 9.59 Å². The quantitative estimate of drug-likeness (QED) is 0.321. The van der Waals surface area contributed by atoms with Crippen LogP contribution in [0.25, 0.3) is 0 Å². The first-order chi connectivity index (χ1) is 5.25. The second-order valence-corrected chi connectivity index (χ2v) is 2.36. The number of hydrogen-bond acceptors (Lipinski definition) is 3. The smallest absolute Gasteiger partial charge is 0.316 e. The summed E-state index contributed by atoms with van der Waals surface area (Å²) in [6, 6.07) is 0. The first-order valence-electron chi connectivity index (χ1n) is 3.38. The summed E-state index contributed by atoms with van der Waals surface area (Å²) < 4.78 is 4.60. The van der Waals surface area contributed by atoms with Crippen molar-refractivity contribution in [3.8, 4) is 12.3 Å². The van der Waals surface area contributed by atoms with Crippen LogP contribution in [-0.4, -0.2) is 18.4 Å². The van der Waals surface area contributed by atoms with Crippen molar-refractivity contribution in [1.82, 2.24) is 0 Å². The Labute approximate surface area is 64.7 Å². The first-order valence-corrected chi connectivity index (χ1v) is 3.38. The topological polar surface area (TPSA) is 43.4 Å². The van der Waals surface area contributed by atoms with E-state index in [9.17, 15) is 9.59 Å². The molecule has 0 unspecified atom stereocenters. The van der Waals surface area contributed by atoms with E-state index < -0.39 is 11.9 Å². The third-order valence-corrected chi connectivity index (χ3v) is 1.60. The van der Waals surface area contributed by atoms with Gasteiger partial charge in [-0.1, -0.05) is 5.92 Å². The molecule has 1 saturated heterocycles. The van der Waals surface area contributed by atoms with Crippen LogP contribution >= 0.6 is 0 Å². The summed E-state index contributed by atoms with van der Waals surface area (Å²) in [4.78, 5) is 21.8. The highest BCUT2D eigenvalue weighted by atomic mass is 16.5. The molecule has 0 amide bonds. The van der Waals surface area contributed by atoms with Gasteiger partial charge in [0, 0.05) is 6.42 Å². The maximum Gasteiger partial charge on any atom is 0.316 e. The van der Waals surface area contributed by atoms with Crippen molar-refractivity contribution in [1.29, 1.82) is 0 Å². The number of ether oxygens (including phenoxy) is 1. The zero-order valence-corrected chi connectivity index (χ0v) is 6.00. The number of hydrogen-bond donors (Lipinski definition) is 0. The number of carbonyl (C=O) groups excluding carboxylic acids is 2. The molecule has 1 fully saturated rings. The molecule has 0 aromatic rings. The summed E-state index contributed by atoms with van der Waals surface area (Å²) in [6.07, 6.45) is 5.43. The molecule has 1 aliphatic rings. The normalized spacial score (nSPS) is 22.5. The fourth-order valence-corrected chi connectivity index (χ4v) is 1.01. The average molecular weight is 152 g/mol. The van der Waals surface area contributed by atoms with Crippen molar-refractivity contribution in [2.45, 2.75) is 12.8 Å². The first kappa shape index (κ1) is 7.80. The van der Waals surface area contributed by atoms with Gasteiger partial charge in [0.1, 0.15) is 5.92 Å². The Morgan fingerprint density at radius 1 is 1.82 bits per heavy atom. The monoisotopic (exact) mass is 152 g/mol. The molecule has 0 aliphatic carbocycles. The van der Waals surface area contributed by atoms with Crippen LogP contribution in [-0.2, 0) is 14.3 Å². The summed E-state index contributed by atoms with van der Waals surface area (Å²) in [7, 11) is 0. The van der Waals surface area contributed by atoms with E-state index in [0.717, 1.165) is 0 Å². The largest absolute Gasteiger partial charge is 0.465 e. The molecule has 0 spiro atoms. The number of Topliss-reactive ketones (excluding diaryl/α,β-unsaturated/α-hetero) is 1. The third kappa shape index (κ3) is 1.58. The van der Waals surface area contributed by atoms with Crippen LogP contribution in [0.2, 0.25) is 0 Å². The predicted molar refractivity (Wildman–Crippen MR) is 37.5 cm³/mol. The molecule has 0 radical (unpaired) electrons. The maximum absolute atomic E-state index is 11.0. The van der Waals surface area contributed by atoms with E-state index >= 15 is 0 Å². The van der Waals surface area contributed by atoms with Crippen molar-refractivity contribution in [3.05, 3.63) is 0 Å². The van der Waals surface area contributed by atoms with E-state index in [4.69, 9.17) is 6.42 Å². The molecule has 0 N–H and O–H groups in total. The van der Waals surface area contributed by atoms with Gasteiger partial charge in [0.05, 0.1) is 13.0 Å². The maximum atomic E-state index is 11.0. The van der Waals surface area contributed by atoms with Crippen LogP contribution in [0.3, 0.4) is 0 Å². The van der Waals surface area contributed by atoms with Crippen LogP contribution < -0.4 is 0 Å². The SMILES string of the molecule is C#CCC(=O)[C@H]1CCOC1=O.